The molecule has 1 aromatic carbocycles. The molecule has 1 N–H and O–H groups in total. The minimum atomic E-state index is -1.11. The number of likely N-dealkylation sites (tertiary alicyclic amines) is 1. The summed E-state index contributed by atoms with van der Waals surface area (Å²) in [7, 11) is 0. The highest BCUT2D eigenvalue weighted by Gasteiger charge is 2.78. The Morgan fingerprint density at radius 3 is 2.49 bits per heavy atom. The summed E-state index contributed by atoms with van der Waals surface area (Å²) in [6.45, 7) is 14.2. The van der Waals surface area contributed by atoms with Gasteiger partial charge in [-0.05, 0) is 57.6 Å². The molecule has 2 unspecified atom stereocenters. The molecular formula is C31H42N2O6. The normalized spacial score (nSPS) is 28.9. The van der Waals surface area contributed by atoms with Gasteiger partial charge in [-0.25, -0.2) is 0 Å². The first kappa shape index (κ1) is 29.0. The second-order valence-electron chi connectivity index (χ2n) is 11.3. The summed E-state index contributed by atoms with van der Waals surface area (Å²) in [5.74, 6) is -2.50. The van der Waals surface area contributed by atoms with Crippen LogP contribution in [0.5, 0.6) is 0 Å². The van der Waals surface area contributed by atoms with E-state index in [0.29, 0.717) is 32.2 Å². The molecule has 8 nitrogen and oxygen atoms in total. The van der Waals surface area contributed by atoms with Crippen LogP contribution < -0.4 is 4.90 Å². The van der Waals surface area contributed by atoms with Crippen LogP contribution in [0.1, 0.15) is 56.6 Å². The molecule has 5 atom stereocenters. The van der Waals surface area contributed by atoms with Gasteiger partial charge in [-0.15, -0.1) is 6.58 Å². The summed E-state index contributed by atoms with van der Waals surface area (Å²) in [5, 5.41) is 9.16. The number of carbonyl (C=O) groups excluding carboxylic acids is 3. The van der Waals surface area contributed by atoms with Gasteiger partial charge in [0.15, 0.2) is 0 Å². The molecular weight excluding hydrogens is 496 g/mol. The molecule has 0 radical (unpaired) electrons. The van der Waals surface area contributed by atoms with Crippen molar-refractivity contribution in [1.82, 2.24) is 4.90 Å². The molecule has 0 aliphatic carbocycles. The van der Waals surface area contributed by atoms with Crippen LogP contribution in [0.3, 0.4) is 0 Å². The number of aliphatic hydroxyl groups is 1. The number of unbranched alkanes of at least 4 members (excludes halogenated alkanes) is 3. The van der Waals surface area contributed by atoms with Crippen LogP contribution in [0.15, 0.2) is 43.5 Å². The quantitative estimate of drug-likeness (QED) is 0.233. The highest BCUT2D eigenvalue weighted by molar-refractivity contribution is 6.05. The third-order valence-electron chi connectivity index (χ3n) is 8.70. The number of carbonyl (C=O) groups is 3. The van der Waals surface area contributed by atoms with Crippen molar-refractivity contribution in [2.75, 3.05) is 31.2 Å². The molecule has 1 spiro atoms. The van der Waals surface area contributed by atoms with Crippen molar-refractivity contribution in [2.45, 2.75) is 76.5 Å². The third-order valence-corrected chi connectivity index (χ3v) is 8.70. The Morgan fingerprint density at radius 1 is 1.15 bits per heavy atom. The molecule has 1 aromatic rings. The topological polar surface area (TPSA) is 96.4 Å². The largest absolute Gasteiger partial charge is 0.461 e. The molecule has 3 fully saturated rings. The third kappa shape index (κ3) is 4.93. The van der Waals surface area contributed by atoms with E-state index in [2.05, 4.69) is 13.2 Å². The van der Waals surface area contributed by atoms with Gasteiger partial charge in [-0.2, -0.15) is 0 Å². The summed E-state index contributed by atoms with van der Waals surface area (Å²) < 4.78 is 12.1. The second kappa shape index (κ2) is 11.6. The number of fused-ring (bicyclic) bond motifs is 1. The number of aliphatic hydroxyl groups excluding tert-OH is 1. The van der Waals surface area contributed by atoms with Crippen LogP contribution in [0.2, 0.25) is 0 Å². The number of hydrogen-bond donors (Lipinski definition) is 1. The fraction of sp³-hybridized carbons (Fsp3) is 0.581. The van der Waals surface area contributed by atoms with Crippen molar-refractivity contribution in [3.05, 3.63) is 54.6 Å². The molecule has 3 saturated heterocycles. The Balaban J connectivity index is 1.76. The highest BCUT2D eigenvalue weighted by atomic mass is 16.6. The maximum atomic E-state index is 14.7. The van der Waals surface area contributed by atoms with Crippen molar-refractivity contribution in [2.24, 2.45) is 11.8 Å². The zero-order valence-electron chi connectivity index (χ0n) is 23.5. The van der Waals surface area contributed by atoms with Crippen molar-refractivity contribution in [3.8, 4) is 0 Å². The first-order chi connectivity index (χ1) is 18.7. The molecule has 3 aliphatic heterocycles. The average Bonchev–Trinajstić information content (AvgIpc) is 3.47. The average molecular weight is 539 g/mol. The fourth-order valence-corrected chi connectivity index (χ4v) is 7.08. The zero-order chi connectivity index (χ0) is 28.4. The van der Waals surface area contributed by atoms with Crippen molar-refractivity contribution in [3.63, 3.8) is 0 Å². The first-order valence-corrected chi connectivity index (χ1v) is 14.0. The minimum Gasteiger partial charge on any atom is -0.461 e. The maximum Gasteiger partial charge on any atom is 0.313 e. The smallest absolute Gasteiger partial charge is 0.313 e. The lowest BCUT2D eigenvalue weighted by molar-refractivity contribution is -0.158. The molecule has 2 amide bonds. The minimum absolute atomic E-state index is 0.0515. The van der Waals surface area contributed by atoms with Gasteiger partial charge in [-0.3, -0.25) is 14.4 Å². The van der Waals surface area contributed by atoms with Gasteiger partial charge in [0.05, 0.1) is 11.5 Å². The number of ether oxygens (including phenoxy) is 2. The lowest BCUT2D eigenvalue weighted by Crippen LogP contribution is -2.56. The van der Waals surface area contributed by atoms with Gasteiger partial charge in [-0.1, -0.05) is 49.8 Å². The number of esters is 1. The monoisotopic (exact) mass is 538 g/mol. The van der Waals surface area contributed by atoms with E-state index in [4.69, 9.17) is 14.6 Å². The van der Waals surface area contributed by atoms with Crippen molar-refractivity contribution in [1.29, 1.82) is 0 Å². The summed E-state index contributed by atoms with van der Waals surface area (Å²) in [6.07, 6.45) is 7.30. The van der Waals surface area contributed by atoms with E-state index >= 15 is 0 Å². The number of benzene rings is 1. The van der Waals surface area contributed by atoms with Gasteiger partial charge in [0, 0.05) is 25.4 Å². The van der Waals surface area contributed by atoms with E-state index in [1.807, 2.05) is 39.0 Å². The molecule has 39 heavy (non-hydrogen) atoms. The Bertz CT molecular complexity index is 1110. The van der Waals surface area contributed by atoms with E-state index in [9.17, 15) is 14.4 Å². The van der Waals surface area contributed by atoms with Crippen LogP contribution >= 0.6 is 0 Å². The lowest BCUT2D eigenvalue weighted by atomic mass is 9.66. The molecule has 0 aromatic heterocycles. The fourth-order valence-electron chi connectivity index (χ4n) is 7.08. The van der Waals surface area contributed by atoms with E-state index in [-0.39, 0.29) is 31.6 Å². The van der Waals surface area contributed by atoms with Crippen LogP contribution in [0.25, 0.3) is 0 Å². The van der Waals surface area contributed by atoms with Crippen LogP contribution in [0.4, 0.5) is 5.69 Å². The number of nitrogens with zero attached hydrogens (tertiary/aromatic N) is 2. The summed E-state index contributed by atoms with van der Waals surface area (Å²) in [4.78, 5) is 45.5. The van der Waals surface area contributed by atoms with Crippen LogP contribution in [-0.4, -0.2) is 71.3 Å². The SMILES string of the molecule is C=CCOC(=O)[C@H]1[C@H]2C(=O)N(CCCCCCO)C(C(=O)N(CC=C)c3c(C)cccc3C)C23CC[C@]1(C)O3. The Morgan fingerprint density at radius 2 is 1.85 bits per heavy atom. The number of aryl methyl sites for hydroxylation is 2. The summed E-state index contributed by atoms with van der Waals surface area (Å²) >= 11 is 0. The van der Waals surface area contributed by atoms with E-state index in [1.165, 1.54) is 6.08 Å². The van der Waals surface area contributed by atoms with Gasteiger partial charge < -0.3 is 24.4 Å². The first-order valence-electron chi connectivity index (χ1n) is 14.0. The number of amides is 2. The van der Waals surface area contributed by atoms with E-state index < -0.39 is 35.0 Å². The predicted octanol–water partition coefficient (Wildman–Crippen LogP) is 3.87. The molecule has 2 bridgehead atoms. The number of rotatable bonds is 13. The Hall–Kier alpha value is -2.97. The predicted molar refractivity (Wildman–Crippen MR) is 149 cm³/mol. The highest BCUT2D eigenvalue weighted by Crippen LogP contribution is 2.63. The van der Waals surface area contributed by atoms with Gasteiger partial charge >= 0.3 is 5.97 Å². The van der Waals surface area contributed by atoms with Crippen LogP contribution in [-0.2, 0) is 23.9 Å². The Kier molecular flexibility index (Phi) is 8.66. The van der Waals surface area contributed by atoms with Gasteiger partial charge in [0.1, 0.15) is 24.2 Å². The number of anilines is 1. The molecule has 8 heteroatoms. The maximum absolute atomic E-state index is 14.7. The summed E-state index contributed by atoms with van der Waals surface area (Å²) in [6, 6.07) is 5.02. The number of para-hydroxylation sites is 1. The molecule has 4 rings (SSSR count). The van der Waals surface area contributed by atoms with Crippen LogP contribution in [0, 0.1) is 25.7 Å². The zero-order valence-corrected chi connectivity index (χ0v) is 23.5. The lowest BCUT2D eigenvalue weighted by Gasteiger charge is -2.37. The molecule has 212 valence electrons. The standard InChI is InChI=1S/C31H42N2O6/c1-6-17-32(25-21(3)13-12-14-22(25)4)28(36)26-31-16-15-30(5,39-31)24(29(37)38-20-7-2)23(31)27(35)33(26)18-10-8-9-11-19-34/h6-7,12-14,23-24,26,34H,1-2,8-11,15-20H2,3-5H3/t23-,24+,26?,30-,31?/m0/s1. The summed E-state index contributed by atoms with van der Waals surface area (Å²) in [5.41, 5.74) is 0.717. The molecule has 3 aliphatic rings. The van der Waals surface area contributed by atoms with Gasteiger partial charge in [0.25, 0.3) is 5.91 Å². The number of hydrogen-bond acceptors (Lipinski definition) is 6. The Labute approximate surface area is 231 Å². The molecule has 3 heterocycles. The van der Waals surface area contributed by atoms with E-state index in [1.54, 1.807) is 15.9 Å². The van der Waals surface area contributed by atoms with Crippen molar-refractivity contribution < 1.29 is 29.0 Å². The van der Waals surface area contributed by atoms with Gasteiger partial charge in [0.2, 0.25) is 5.91 Å². The molecule has 0 saturated carbocycles. The van der Waals surface area contributed by atoms with E-state index in [0.717, 1.165) is 29.7 Å². The van der Waals surface area contributed by atoms with Crippen molar-refractivity contribution >= 4 is 23.5 Å². The second-order valence-corrected chi connectivity index (χ2v) is 11.3.